The molecule has 0 atom stereocenters. The molecule has 70 valence electrons. The van der Waals surface area contributed by atoms with Crippen LogP contribution >= 0.6 is 11.8 Å². The summed E-state index contributed by atoms with van der Waals surface area (Å²) in [5.41, 5.74) is 0.425. The summed E-state index contributed by atoms with van der Waals surface area (Å²) in [5, 5.41) is 8.49. The maximum atomic E-state index is 8.49. The molecule has 0 aliphatic carbocycles. The van der Waals surface area contributed by atoms with Gasteiger partial charge in [0.1, 0.15) is 12.8 Å². The first kappa shape index (κ1) is 10.1. The van der Waals surface area contributed by atoms with Gasteiger partial charge in [-0.15, -0.1) is 0 Å². The molecule has 0 bridgehead atoms. The number of ether oxygens (including phenoxy) is 1. The van der Waals surface area contributed by atoms with Gasteiger partial charge in [0.2, 0.25) is 0 Å². The molecular formula is C8H11N3OS. The molecule has 0 aromatic carbocycles. The van der Waals surface area contributed by atoms with Crippen molar-refractivity contribution in [1.82, 2.24) is 9.55 Å². The van der Waals surface area contributed by atoms with E-state index >= 15 is 0 Å². The van der Waals surface area contributed by atoms with E-state index in [9.17, 15) is 0 Å². The van der Waals surface area contributed by atoms with E-state index in [0.29, 0.717) is 12.4 Å². The van der Waals surface area contributed by atoms with Crippen LogP contribution in [-0.2, 0) is 11.5 Å². The Balaban J connectivity index is 2.25. The van der Waals surface area contributed by atoms with Crippen LogP contribution in [0.2, 0.25) is 0 Å². The number of rotatable bonds is 5. The molecule has 5 heteroatoms. The van der Waals surface area contributed by atoms with Crippen LogP contribution in [0.15, 0.2) is 12.5 Å². The van der Waals surface area contributed by atoms with Crippen molar-refractivity contribution in [3.63, 3.8) is 0 Å². The zero-order valence-corrected chi connectivity index (χ0v) is 8.25. The van der Waals surface area contributed by atoms with E-state index in [4.69, 9.17) is 10.00 Å². The van der Waals surface area contributed by atoms with Crippen molar-refractivity contribution in [2.45, 2.75) is 6.73 Å². The van der Waals surface area contributed by atoms with Crippen molar-refractivity contribution in [1.29, 1.82) is 5.26 Å². The Labute approximate surface area is 81.5 Å². The highest BCUT2D eigenvalue weighted by molar-refractivity contribution is 7.98. The van der Waals surface area contributed by atoms with Gasteiger partial charge in [0, 0.05) is 11.9 Å². The number of thioether (sulfide) groups is 1. The van der Waals surface area contributed by atoms with E-state index in [1.54, 1.807) is 28.9 Å². The standard InChI is InChI=1S/C8H11N3OS/c1-13-3-2-12-7-11-5-8(4-9)10-6-11/h5-6H,2-3,7H2,1H3. The number of aromatic nitrogens is 2. The molecule has 0 saturated heterocycles. The normalized spacial score (nSPS) is 9.85. The summed E-state index contributed by atoms with van der Waals surface area (Å²) in [4.78, 5) is 3.85. The van der Waals surface area contributed by atoms with Crippen LogP contribution in [0, 0.1) is 11.3 Å². The third kappa shape index (κ3) is 3.49. The predicted octanol–water partition coefficient (Wildman–Crippen LogP) is 1.09. The highest BCUT2D eigenvalue weighted by Crippen LogP contribution is 1.96. The van der Waals surface area contributed by atoms with E-state index in [1.807, 2.05) is 12.3 Å². The second-order valence-electron chi connectivity index (χ2n) is 2.42. The number of nitrogens with zero attached hydrogens (tertiary/aromatic N) is 3. The zero-order valence-electron chi connectivity index (χ0n) is 7.43. The molecule has 0 radical (unpaired) electrons. The Bertz CT molecular complexity index is 292. The van der Waals surface area contributed by atoms with E-state index in [0.717, 1.165) is 12.4 Å². The molecule has 1 heterocycles. The van der Waals surface area contributed by atoms with Crippen LogP contribution in [0.3, 0.4) is 0 Å². The van der Waals surface area contributed by atoms with Gasteiger partial charge in [0.25, 0.3) is 0 Å². The fourth-order valence-electron chi connectivity index (χ4n) is 0.801. The third-order valence-corrected chi connectivity index (χ3v) is 1.99. The largest absolute Gasteiger partial charge is 0.360 e. The summed E-state index contributed by atoms with van der Waals surface area (Å²) in [6.07, 6.45) is 5.30. The van der Waals surface area contributed by atoms with E-state index < -0.39 is 0 Å². The van der Waals surface area contributed by atoms with Gasteiger partial charge >= 0.3 is 0 Å². The first-order valence-corrected chi connectivity index (χ1v) is 5.24. The SMILES string of the molecule is CSCCOCn1cnc(C#N)c1. The Morgan fingerprint density at radius 3 is 3.23 bits per heavy atom. The Morgan fingerprint density at radius 1 is 1.77 bits per heavy atom. The van der Waals surface area contributed by atoms with Crippen molar-refractivity contribution in [3.8, 4) is 6.07 Å². The Morgan fingerprint density at radius 2 is 2.62 bits per heavy atom. The van der Waals surface area contributed by atoms with Gasteiger partial charge in [-0.1, -0.05) is 0 Å². The lowest BCUT2D eigenvalue weighted by Crippen LogP contribution is -2.02. The number of hydrogen-bond donors (Lipinski definition) is 0. The second kappa shape index (κ2) is 5.62. The van der Waals surface area contributed by atoms with Crippen molar-refractivity contribution in [2.75, 3.05) is 18.6 Å². The molecule has 1 aromatic rings. The second-order valence-corrected chi connectivity index (χ2v) is 3.40. The maximum Gasteiger partial charge on any atom is 0.158 e. The first-order chi connectivity index (χ1) is 6.36. The first-order valence-electron chi connectivity index (χ1n) is 3.85. The molecule has 4 nitrogen and oxygen atoms in total. The predicted molar refractivity (Wildman–Crippen MR) is 51.3 cm³/mol. The van der Waals surface area contributed by atoms with Crippen LogP contribution < -0.4 is 0 Å². The topological polar surface area (TPSA) is 50.8 Å². The maximum absolute atomic E-state index is 8.49. The van der Waals surface area contributed by atoms with Crippen molar-refractivity contribution in [2.24, 2.45) is 0 Å². The number of nitriles is 1. The quantitative estimate of drug-likeness (QED) is 0.663. The molecule has 0 unspecified atom stereocenters. The molecule has 1 rings (SSSR count). The van der Waals surface area contributed by atoms with Crippen LogP contribution in [0.5, 0.6) is 0 Å². The van der Waals surface area contributed by atoms with Gasteiger partial charge in [0.15, 0.2) is 5.69 Å². The highest BCUT2D eigenvalue weighted by atomic mass is 32.2. The van der Waals surface area contributed by atoms with E-state index in [1.165, 1.54) is 0 Å². The summed E-state index contributed by atoms with van der Waals surface area (Å²) in [5.74, 6) is 0.986. The lowest BCUT2D eigenvalue weighted by molar-refractivity contribution is 0.0899. The summed E-state index contributed by atoms with van der Waals surface area (Å²) < 4.78 is 7.06. The molecule has 0 aliphatic heterocycles. The molecule has 0 amide bonds. The van der Waals surface area contributed by atoms with Crippen LogP contribution in [-0.4, -0.2) is 28.2 Å². The lowest BCUT2D eigenvalue weighted by Gasteiger charge is -2.02. The van der Waals surface area contributed by atoms with Gasteiger partial charge in [0.05, 0.1) is 12.9 Å². The minimum Gasteiger partial charge on any atom is -0.360 e. The monoisotopic (exact) mass is 197 g/mol. The fourth-order valence-corrected chi connectivity index (χ4v) is 1.09. The number of hydrogen-bond acceptors (Lipinski definition) is 4. The van der Waals surface area contributed by atoms with Gasteiger partial charge in [-0.25, -0.2) is 4.98 Å². The molecular weight excluding hydrogens is 186 g/mol. The molecule has 13 heavy (non-hydrogen) atoms. The fraction of sp³-hybridized carbons (Fsp3) is 0.500. The summed E-state index contributed by atoms with van der Waals surface area (Å²) in [6, 6.07) is 1.96. The van der Waals surface area contributed by atoms with Gasteiger partial charge in [-0.2, -0.15) is 17.0 Å². The van der Waals surface area contributed by atoms with Gasteiger partial charge in [-0.3, -0.25) is 0 Å². The van der Waals surface area contributed by atoms with Crippen molar-refractivity contribution >= 4 is 11.8 Å². The minimum absolute atomic E-state index is 0.425. The molecule has 0 saturated carbocycles. The average Bonchev–Trinajstić information content (AvgIpc) is 2.60. The smallest absolute Gasteiger partial charge is 0.158 e. The van der Waals surface area contributed by atoms with Crippen molar-refractivity contribution < 1.29 is 4.74 Å². The van der Waals surface area contributed by atoms with Crippen LogP contribution in [0.1, 0.15) is 5.69 Å². The molecule has 0 spiro atoms. The Hall–Kier alpha value is -0.990. The van der Waals surface area contributed by atoms with Gasteiger partial charge in [-0.05, 0) is 6.26 Å². The molecule has 0 aliphatic rings. The third-order valence-electron chi connectivity index (χ3n) is 1.42. The summed E-state index contributed by atoms with van der Waals surface area (Å²) >= 11 is 1.74. The average molecular weight is 197 g/mol. The molecule has 0 fully saturated rings. The molecule has 1 aromatic heterocycles. The summed E-state index contributed by atoms with van der Waals surface area (Å²) in [6.45, 7) is 1.19. The lowest BCUT2D eigenvalue weighted by atomic mass is 10.5. The number of imidazole rings is 1. The van der Waals surface area contributed by atoms with E-state index in [-0.39, 0.29) is 0 Å². The van der Waals surface area contributed by atoms with E-state index in [2.05, 4.69) is 4.98 Å². The summed E-state index contributed by atoms with van der Waals surface area (Å²) in [7, 11) is 0. The highest BCUT2D eigenvalue weighted by Gasteiger charge is 1.95. The Kier molecular flexibility index (Phi) is 4.36. The molecule has 0 N–H and O–H groups in total. The van der Waals surface area contributed by atoms with Gasteiger partial charge < -0.3 is 9.30 Å². The zero-order chi connectivity index (χ0) is 9.52. The van der Waals surface area contributed by atoms with Crippen LogP contribution in [0.4, 0.5) is 0 Å². The van der Waals surface area contributed by atoms with Crippen molar-refractivity contribution in [3.05, 3.63) is 18.2 Å². The van der Waals surface area contributed by atoms with Crippen LogP contribution in [0.25, 0.3) is 0 Å². The minimum atomic E-state index is 0.425.